The highest BCUT2D eigenvalue weighted by molar-refractivity contribution is 5.86. The lowest BCUT2D eigenvalue weighted by atomic mass is 10.2. The van der Waals surface area contributed by atoms with Gasteiger partial charge in [0.1, 0.15) is 5.75 Å². The lowest BCUT2D eigenvalue weighted by Crippen LogP contribution is -2.07. The zero-order valence-corrected chi connectivity index (χ0v) is 10.4. The molecule has 96 valence electrons. The van der Waals surface area contributed by atoms with Gasteiger partial charge < -0.3 is 9.47 Å². The molecule has 3 heteroatoms. The predicted molar refractivity (Wildman–Crippen MR) is 73.5 cm³/mol. The Balaban J connectivity index is 1.75. The third-order valence-corrected chi connectivity index (χ3v) is 2.38. The zero-order valence-electron chi connectivity index (χ0n) is 10.4. The summed E-state index contributed by atoms with van der Waals surface area (Å²) in [4.78, 5) is 11.4. The summed E-state index contributed by atoms with van der Waals surface area (Å²) in [5, 5.41) is 0. The highest BCUT2D eigenvalue weighted by Gasteiger charge is 1.97. The van der Waals surface area contributed by atoms with Crippen molar-refractivity contribution in [2.75, 3.05) is 6.79 Å². The number of carbonyl (C=O) groups excluding carboxylic acids is 1. The van der Waals surface area contributed by atoms with E-state index < -0.39 is 5.97 Å². The third kappa shape index (κ3) is 4.68. The Labute approximate surface area is 112 Å². The minimum absolute atomic E-state index is 0.0953. The van der Waals surface area contributed by atoms with Crippen LogP contribution < -0.4 is 4.74 Å². The van der Waals surface area contributed by atoms with Crippen LogP contribution in [0, 0.1) is 0 Å². The highest BCUT2D eigenvalue weighted by Crippen LogP contribution is 2.08. The van der Waals surface area contributed by atoms with E-state index in [1.54, 1.807) is 18.2 Å². The fraction of sp³-hybridized carbons (Fsp3) is 0.0625. The van der Waals surface area contributed by atoms with Gasteiger partial charge in [-0.05, 0) is 23.8 Å². The zero-order chi connectivity index (χ0) is 13.3. The molecule has 0 amide bonds. The van der Waals surface area contributed by atoms with Crippen LogP contribution in [-0.2, 0) is 9.53 Å². The molecule has 0 bridgehead atoms. The summed E-state index contributed by atoms with van der Waals surface area (Å²) >= 11 is 0. The van der Waals surface area contributed by atoms with Gasteiger partial charge in [0, 0.05) is 6.08 Å². The quantitative estimate of drug-likeness (QED) is 0.466. The Morgan fingerprint density at radius 2 is 1.58 bits per heavy atom. The predicted octanol–water partition coefficient (Wildman–Crippen LogP) is 3.28. The van der Waals surface area contributed by atoms with E-state index >= 15 is 0 Å². The summed E-state index contributed by atoms with van der Waals surface area (Å²) in [6.45, 7) is -0.0953. The molecule has 0 saturated carbocycles. The molecule has 0 fully saturated rings. The monoisotopic (exact) mass is 254 g/mol. The van der Waals surface area contributed by atoms with Gasteiger partial charge >= 0.3 is 5.97 Å². The molecule has 0 atom stereocenters. The molecule has 0 aliphatic carbocycles. The average Bonchev–Trinajstić information content (AvgIpc) is 2.47. The molecule has 19 heavy (non-hydrogen) atoms. The van der Waals surface area contributed by atoms with E-state index in [1.807, 2.05) is 48.5 Å². The summed E-state index contributed by atoms with van der Waals surface area (Å²) in [6.07, 6.45) is 3.08. The second-order valence-electron chi connectivity index (χ2n) is 3.78. The van der Waals surface area contributed by atoms with E-state index in [0.717, 1.165) is 5.56 Å². The van der Waals surface area contributed by atoms with E-state index in [4.69, 9.17) is 9.47 Å². The van der Waals surface area contributed by atoms with Gasteiger partial charge in [-0.15, -0.1) is 0 Å². The average molecular weight is 254 g/mol. The van der Waals surface area contributed by atoms with Crippen molar-refractivity contribution in [1.82, 2.24) is 0 Å². The van der Waals surface area contributed by atoms with E-state index in [9.17, 15) is 4.79 Å². The third-order valence-electron chi connectivity index (χ3n) is 2.38. The topological polar surface area (TPSA) is 35.5 Å². The number of hydrogen-bond acceptors (Lipinski definition) is 3. The van der Waals surface area contributed by atoms with E-state index in [-0.39, 0.29) is 6.79 Å². The van der Waals surface area contributed by atoms with Crippen molar-refractivity contribution in [2.24, 2.45) is 0 Å². The van der Waals surface area contributed by atoms with Crippen molar-refractivity contribution in [3.05, 3.63) is 72.3 Å². The summed E-state index contributed by atoms with van der Waals surface area (Å²) < 4.78 is 10.2. The van der Waals surface area contributed by atoms with Gasteiger partial charge in [0.15, 0.2) is 0 Å². The number of ether oxygens (including phenoxy) is 2. The first kappa shape index (κ1) is 12.9. The molecule has 0 aliphatic rings. The van der Waals surface area contributed by atoms with Crippen LogP contribution in [0.15, 0.2) is 66.7 Å². The van der Waals surface area contributed by atoms with Crippen LogP contribution in [-0.4, -0.2) is 12.8 Å². The highest BCUT2D eigenvalue weighted by atomic mass is 16.7. The second kappa shape index (κ2) is 7.01. The molecule has 0 unspecified atom stereocenters. The van der Waals surface area contributed by atoms with Crippen molar-refractivity contribution in [1.29, 1.82) is 0 Å². The van der Waals surface area contributed by atoms with Crippen molar-refractivity contribution < 1.29 is 14.3 Å². The fourth-order valence-corrected chi connectivity index (χ4v) is 1.45. The lowest BCUT2D eigenvalue weighted by Gasteiger charge is -2.05. The largest absolute Gasteiger partial charge is 0.457 e. The van der Waals surface area contributed by atoms with Crippen LogP contribution in [0.3, 0.4) is 0 Å². The number of rotatable bonds is 5. The molecular weight excluding hydrogens is 240 g/mol. The van der Waals surface area contributed by atoms with Crippen LogP contribution >= 0.6 is 0 Å². The molecule has 0 aliphatic heterocycles. The SMILES string of the molecule is O=C(/C=C/c1ccccc1)OCOc1ccccc1. The molecule has 0 radical (unpaired) electrons. The standard InChI is InChI=1S/C16H14O3/c17-16(12-11-14-7-3-1-4-8-14)19-13-18-15-9-5-2-6-10-15/h1-12H,13H2/b12-11+. The van der Waals surface area contributed by atoms with E-state index in [0.29, 0.717) is 5.75 Å². The smallest absolute Gasteiger partial charge is 0.333 e. The maximum absolute atomic E-state index is 11.4. The Bertz CT molecular complexity index is 532. The molecule has 0 N–H and O–H groups in total. The molecule has 2 aromatic carbocycles. The molecule has 2 aromatic rings. The summed E-state index contributed by atoms with van der Waals surface area (Å²) in [7, 11) is 0. The Morgan fingerprint density at radius 1 is 0.947 bits per heavy atom. The van der Waals surface area contributed by atoms with E-state index in [1.165, 1.54) is 6.08 Å². The van der Waals surface area contributed by atoms with Crippen molar-refractivity contribution in [3.8, 4) is 5.75 Å². The van der Waals surface area contributed by atoms with Crippen LogP contribution in [0.4, 0.5) is 0 Å². The fourth-order valence-electron chi connectivity index (χ4n) is 1.45. The minimum Gasteiger partial charge on any atom is -0.457 e. The van der Waals surface area contributed by atoms with Crippen LogP contribution in [0.25, 0.3) is 6.08 Å². The maximum atomic E-state index is 11.4. The molecule has 0 heterocycles. The molecule has 3 nitrogen and oxygen atoms in total. The van der Waals surface area contributed by atoms with Crippen LogP contribution in [0.1, 0.15) is 5.56 Å². The Kier molecular flexibility index (Phi) is 4.76. The molecule has 2 rings (SSSR count). The first-order valence-corrected chi connectivity index (χ1v) is 5.92. The first-order valence-electron chi connectivity index (χ1n) is 5.92. The molecular formula is C16H14O3. The number of carbonyl (C=O) groups is 1. The van der Waals surface area contributed by atoms with Gasteiger partial charge in [-0.3, -0.25) is 0 Å². The van der Waals surface area contributed by atoms with E-state index in [2.05, 4.69) is 0 Å². The summed E-state index contributed by atoms with van der Waals surface area (Å²) in [5.74, 6) is 0.238. The van der Waals surface area contributed by atoms with Gasteiger partial charge in [-0.1, -0.05) is 48.5 Å². The number of hydrogen-bond donors (Lipinski definition) is 0. The number of para-hydroxylation sites is 1. The van der Waals surface area contributed by atoms with Crippen LogP contribution in [0.2, 0.25) is 0 Å². The molecule has 0 aromatic heterocycles. The van der Waals surface area contributed by atoms with Gasteiger partial charge in [-0.25, -0.2) is 4.79 Å². The Morgan fingerprint density at radius 3 is 2.26 bits per heavy atom. The maximum Gasteiger partial charge on any atom is 0.333 e. The number of esters is 1. The summed E-state index contributed by atoms with van der Waals surface area (Å²) in [5.41, 5.74) is 0.948. The van der Waals surface area contributed by atoms with Crippen molar-refractivity contribution in [3.63, 3.8) is 0 Å². The van der Waals surface area contributed by atoms with Gasteiger partial charge in [0.05, 0.1) is 0 Å². The van der Waals surface area contributed by atoms with Crippen molar-refractivity contribution in [2.45, 2.75) is 0 Å². The molecule has 0 saturated heterocycles. The van der Waals surface area contributed by atoms with Crippen molar-refractivity contribution >= 4 is 12.0 Å². The lowest BCUT2D eigenvalue weighted by molar-refractivity contribution is -0.144. The minimum atomic E-state index is -0.431. The summed E-state index contributed by atoms with van der Waals surface area (Å²) in [6, 6.07) is 18.7. The van der Waals surface area contributed by atoms with Gasteiger partial charge in [0.2, 0.25) is 6.79 Å². The second-order valence-corrected chi connectivity index (χ2v) is 3.78. The molecule has 0 spiro atoms. The number of benzene rings is 2. The normalized spacial score (nSPS) is 10.3. The van der Waals surface area contributed by atoms with Gasteiger partial charge in [-0.2, -0.15) is 0 Å². The Hall–Kier alpha value is -2.55. The van der Waals surface area contributed by atoms with Gasteiger partial charge in [0.25, 0.3) is 0 Å². The van der Waals surface area contributed by atoms with Crippen LogP contribution in [0.5, 0.6) is 5.75 Å². The first-order chi connectivity index (χ1) is 9.34.